The minimum absolute atomic E-state index is 0.0337. The number of amides is 2. The Morgan fingerprint density at radius 2 is 2.11 bits per heavy atom. The van der Waals surface area contributed by atoms with Crippen molar-refractivity contribution < 1.29 is 9.21 Å². The van der Waals surface area contributed by atoms with Crippen molar-refractivity contribution in [1.82, 2.24) is 5.32 Å². The number of nitrogens with one attached hydrogen (secondary N) is 2. The second-order valence-electron chi connectivity index (χ2n) is 4.26. The summed E-state index contributed by atoms with van der Waals surface area (Å²) in [6.45, 7) is 1.91. The highest BCUT2D eigenvalue weighted by molar-refractivity contribution is 6.33. The van der Waals surface area contributed by atoms with Gasteiger partial charge in [0, 0.05) is 12.5 Å². The molecular formula is C14H15ClN2O2. The molecule has 1 atom stereocenters. The zero-order chi connectivity index (χ0) is 13.7. The molecule has 0 saturated heterocycles. The van der Waals surface area contributed by atoms with Gasteiger partial charge in [0.2, 0.25) is 0 Å². The van der Waals surface area contributed by atoms with Crippen LogP contribution in [0.3, 0.4) is 0 Å². The minimum Gasteiger partial charge on any atom is -0.469 e. The summed E-state index contributed by atoms with van der Waals surface area (Å²) < 4.78 is 5.23. The fourth-order valence-electron chi connectivity index (χ4n) is 1.73. The van der Waals surface area contributed by atoms with Crippen molar-refractivity contribution in [2.75, 3.05) is 5.32 Å². The SMILES string of the molecule is CC(Cc1ccco1)NC(=O)Nc1ccccc1Cl. The third kappa shape index (κ3) is 4.03. The highest BCUT2D eigenvalue weighted by Crippen LogP contribution is 2.20. The van der Waals surface area contributed by atoms with Crippen LogP contribution in [0.5, 0.6) is 0 Å². The van der Waals surface area contributed by atoms with Gasteiger partial charge in [-0.3, -0.25) is 0 Å². The van der Waals surface area contributed by atoms with Crippen LogP contribution in [0.15, 0.2) is 47.1 Å². The molecule has 100 valence electrons. The lowest BCUT2D eigenvalue weighted by atomic mass is 10.2. The quantitative estimate of drug-likeness (QED) is 0.896. The van der Waals surface area contributed by atoms with Gasteiger partial charge in [-0.05, 0) is 31.2 Å². The molecule has 2 N–H and O–H groups in total. The van der Waals surface area contributed by atoms with Gasteiger partial charge < -0.3 is 15.1 Å². The van der Waals surface area contributed by atoms with E-state index in [9.17, 15) is 4.79 Å². The van der Waals surface area contributed by atoms with Crippen LogP contribution in [0.2, 0.25) is 5.02 Å². The van der Waals surface area contributed by atoms with E-state index in [-0.39, 0.29) is 12.1 Å². The molecule has 1 aromatic carbocycles. The summed E-state index contributed by atoms with van der Waals surface area (Å²) in [5.74, 6) is 0.838. The van der Waals surface area contributed by atoms with Crippen molar-refractivity contribution in [3.63, 3.8) is 0 Å². The lowest BCUT2D eigenvalue weighted by Gasteiger charge is -2.14. The van der Waals surface area contributed by atoms with Crippen LogP contribution in [-0.2, 0) is 6.42 Å². The van der Waals surface area contributed by atoms with Crippen molar-refractivity contribution in [2.45, 2.75) is 19.4 Å². The summed E-state index contributed by atoms with van der Waals surface area (Å²) in [7, 11) is 0. The largest absolute Gasteiger partial charge is 0.469 e. The predicted octanol–water partition coefficient (Wildman–Crippen LogP) is 3.69. The fraction of sp³-hybridized carbons (Fsp3) is 0.214. The molecule has 0 radical (unpaired) electrons. The van der Waals surface area contributed by atoms with Gasteiger partial charge in [-0.1, -0.05) is 23.7 Å². The van der Waals surface area contributed by atoms with Crippen LogP contribution >= 0.6 is 11.6 Å². The van der Waals surface area contributed by atoms with Crippen LogP contribution < -0.4 is 10.6 Å². The molecule has 0 aliphatic carbocycles. The first-order chi connectivity index (χ1) is 9.15. The van der Waals surface area contributed by atoms with Crippen LogP contribution in [0, 0.1) is 0 Å². The van der Waals surface area contributed by atoms with Gasteiger partial charge >= 0.3 is 6.03 Å². The molecule has 2 aromatic rings. The molecule has 0 aliphatic heterocycles. The van der Waals surface area contributed by atoms with E-state index in [1.807, 2.05) is 31.2 Å². The number of furan rings is 1. The number of hydrogen-bond acceptors (Lipinski definition) is 2. The molecule has 0 fully saturated rings. The van der Waals surface area contributed by atoms with Crippen molar-refractivity contribution >= 4 is 23.3 Å². The number of hydrogen-bond donors (Lipinski definition) is 2. The molecule has 1 aromatic heterocycles. The number of carbonyl (C=O) groups excluding carboxylic acids is 1. The zero-order valence-corrected chi connectivity index (χ0v) is 11.3. The molecule has 0 aliphatic rings. The van der Waals surface area contributed by atoms with Crippen LogP contribution in [0.1, 0.15) is 12.7 Å². The second kappa shape index (κ2) is 6.29. The summed E-state index contributed by atoms with van der Waals surface area (Å²) in [6.07, 6.45) is 2.26. The molecule has 1 unspecified atom stereocenters. The highest BCUT2D eigenvalue weighted by Gasteiger charge is 2.10. The van der Waals surface area contributed by atoms with Crippen LogP contribution in [-0.4, -0.2) is 12.1 Å². The summed E-state index contributed by atoms with van der Waals surface area (Å²) >= 11 is 5.96. The topological polar surface area (TPSA) is 54.3 Å². The minimum atomic E-state index is -0.285. The number of rotatable bonds is 4. The Hall–Kier alpha value is -1.94. The van der Waals surface area contributed by atoms with E-state index in [0.717, 1.165) is 5.76 Å². The Balaban J connectivity index is 1.86. The van der Waals surface area contributed by atoms with Crippen molar-refractivity contribution in [2.24, 2.45) is 0 Å². The van der Waals surface area contributed by atoms with Crippen molar-refractivity contribution in [3.8, 4) is 0 Å². The molecule has 0 spiro atoms. The maximum Gasteiger partial charge on any atom is 0.319 e. The molecule has 2 rings (SSSR count). The Morgan fingerprint density at radius 3 is 2.79 bits per heavy atom. The first kappa shape index (κ1) is 13.5. The predicted molar refractivity (Wildman–Crippen MR) is 75.5 cm³/mol. The molecule has 5 heteroatoms. The molecule has 2 amide bonds. The normalized spacial score (nSPS) is 11.9. The molecule has 4 nitrogen and oxygen atoms in total. The average Bonchev–Trinajstić information content (AvgIpc) is 2.84. The number of para-hydroxylation sites is 1. The highest BCUT2D eigenvalue weighted by atomic mass is 35.5. The number of halogens is 1. The summed E-state index contributed by atoms with van der Waals surface area (Å²) in [5, 5.41) is 6.04. The monoisotopic (exact) mass is 278 g/mol. The standard InChI is InChI=1S/C14H15ClN2O2/c1-10(9-11-5-4-8-19-11)16-14(18)17-13-7-3-2-6-12(13)15/h2-8,10H,9H2,1H3,(H2,16,17,18). The first-order valence-electron chi connectivity index (χ1n) is 5.99. The fourth-order valence-corrected chi connectivity index (χ4v) is 1.91. The van der Waals surface area contributed by atoms with E-state index >= 15 is 0 Å². The molecule has 19 heavy (non-hydrogen) atoms. The summed E-state index contributed by atoms with van der Waals surface area (Å²) in [6, 6.07) is 10.5. The van der Waals surface area contributed by atoms with E-state index in [1.165, 1.54) is 0 Å². The lowest BCUT2D eigenvalue weighted by molar-refractivity contribution is 0.248. The Morgan fingerprint density at radius 1 is 1.32 bits per heavy atom. The van der Waals surface area contributed by atoms with E-state index in [2.05, 4.69) is 10.6 Å². The van der Waals surface area contributed by atoms with E-state index in [4.69, 9.17) is 16.0 Å². The molecule has 0 saturated carbocycles. The van der Waals surface area contributed by atoms with Crippen LogP contribution in [0.25, 0.3) is 0 Å². The average molecular weight is 279 g/mol. The van der Waals surface area contributed by atoms with Gasteiger partial charge in [0.25, 0.3) is 0 Å². The number of anilines is 1. The summed E-state index contributed by atoms with van der Waals surface area (Å²) in [4.78, 5) is 11.8. The molecule has 0 bridgehead atoms. The van der Waals surface area contributed by atoms with Gasteiger partial charge in [-0.25, -0.2) is 4.79 Å². The maximum absolute atomic E-state index is 11.8. The Labute approximate surface area is 116 Å². The smallest absolute Gasteiger partial charge is 0.319 e. The van der Waals surface area contributed by atoms with E-state index in [0.29, 0.717) is 17.1 Å². The van der Waals surface area contributed by atoms with Crippen molar-refractivity contribution in [1.29, 1.82) is 0 Å². The van der Waals surface area contributed by atoms with E-state index < -0.39 is 0 Å². The zero-order valence-electron chi connectivity index (χ0n) is 10.5. The van der Waals surface area contributed by atoms with Gasteiger partial charge in [0.05, 0.1) is 17.0 Å². The molecular weight excluding hydrogens is 264 g/mol. The first-order valence-corrected chi connectivity index (χ1v) is 6.37. The third-order valence-electron chi connectivity index (χ3n) is 2.59. The van der Waals surface area contributed by atoms with Crippen molar-refractivity contribution in [3.05, 3.63) is 53.4 Å². The number of benzene rings is 1. The van der Waals surface area contributed by atoms with Gasteiger partial charge in [0.15, 0.2) is 0 Å². The number of urea groups is 1. The van der Waals surface area contributed by atoms with Crippen LogP contribution in [0.4, 0.5) is 10.5 Å². The number of carbonyl (C=O) groups is 1. The van der Waals surface area contributed by atoms with Gasteiger partial charge in [-0.2, -0.15) is 0 Å². The Bertz CT molecular complexity index is 540. The van der Waals surface area contributed by atoms with E-state index in [1.54, 1.807) is 18.4 Å². The molecule has 1 heterocycles. The van der Waals surface area contributed by atoms with Gasteiger partial charge in [-0.15, -0.1) is 0 Å². The summed E-state index contributed by atoms with van der Waals surface area (Å²) in [5.41, 5.74) is 0.590. The third-order valence-corrected chi connectivity index (χ3v) is 2.92. The maximum atomic E-state index is 11.8. The second-order valence-corrected chi connectivity index (χ2v) is 4.67. The van der Waals surface area contributed by atoms with Gasteiger partial charge in [0.1, 0.15) is 5.76 Å². The Kier molecular flexibility index (Phi) is 4.47. The lowest BCUT2D eigenvalue weighted by Crippen LogP contribution is -2.37.